The second-order valence-corrected chi connectivity index (χ2v) is 8.41. The highest BCUT2D eigenvalue weighted by atomic mass is 16.5. The first-order valence-electron chi connectivity index (χ1n) is 11.6. The number of amides is 1. The van der Waals surface area contributed by atoms with Crippen LogP contribution in [0.3, 0.4) is 0 Å². The molecule has 5 rings (SSSR count). The Morgan fingerprint density at radius 3 is 2.39 bits per heavy atom. The lowest BCUT2D eigenvalue weighted by Gasteiger charge is -2.15. The van der Waals surface area contributed by atoms with Crippen LogP contribution in [0.15, 0.2) is 103 Å². The highest BCUT2D eigenvalue weighted by Crippen LogP contribution is 2.31. The summed E-state index contributed by atoms with van der Waals surface area (Å²) in [7, 11) is 1.57. The third-order valence-corrected chi connectivity index (χ3v) is 6.07. The van der Waals surface area contributed by atoms with E-state index < -0.39 is 6.10 Å². The minimum Gasteiger partial charge on any atom is -0.481 e. The molecule has 6 heteroatoms. The van der Waals surface area contributed by atoms with E-state index in [1.54, 1.807) is 31.6 Å². The average molecular weight is 476 g/mol. The number of methoxy groups -OCH3 is 1. The average Bonchev–Trinajstić information content (AvgIpc) is 2.95. The van der Waals surface area contributed by atoms with E-state index in [-0.39, 0.29) is 12.5 Å². The predicted octanol–water partition coefficient (Wildman–Crippen LogP) is 5.44. The molecule has 0 radical (unpaired) electrons. The van der Waals surface area contributed by atoms with Crippen LogP contribution in [0.5, 0.6) is 5.88 Å². The number of hydrogen-bond acceptors (Lipinski definition) is 5. The molecule has 1 amide bonds. The lowest BCUT2D eigenvalue weighted by atomic mass is 9.98. The highest BCUT2D eigenvalue weighted by Gasteiger charge is 2.16. The van der Waals surface area contributed by atoms with Crippen LogP contribution in [0.4, 0.5) is 0 Å². The number of fused-ring (bicyclic) bond motifs is 1. The molecular weight excluding hydrogens is 450 g/mol. The minimum atomic E-state index is -0.833. The van der Waals surface area contributed by atoms with Crippen LogP contribution in [0, 0.1) is 0 Å². The number of carbonyl (C=O) groups is 1. The van der Waals surface area contributed by atoms with E-state index in [2.05, 4.69) is 15.3 Å². The summed E-state index contributed by atoms with van der Waals surface area (Å²) >= 11 is 0. The molecule has 0 aliphatic carbocycles. The molecule has 0 spiro atoms. The number of nitrogens with one attached hydrogen (secondary N) is 1. The van der Waals surface area contributed by atoms with Crippen molar-refractivity contribution < 1.29 is 14.6 Å². The van der Waals surface area contributed by atoms with Crippen molar-refractivity contribution in [2.24, 2.45) is 0 Å². The molecule has 0 aliphatic rings. The zero-order valence-corrected chi connectivity index (χ0v) is 19.8. The lowest BCUT2D eigenvalue weighted by Crippen LogP contribution is -2.28. The minimum absolute atomic E-state index is 0.0804. The number of nitrogens with zero attached hydrogens (tertiary/aromatic N) is 2. The molecule has 0 aliphatic heterocycles. The van der Waals surface area contributed by atoms with Gasteiger partial charge in [-0.25, -0.2) is 4.98 Å². The Hall–Kier alpha value is -4.55. The maximum Gasteiger partial charge on any atom is 0.252 e. The van der Waals surface area contributed by atoms with Gasteiger partial charge < -0.3 is 15.2 Å². The second kappa shape index (κ2) is 10.4. The van der Waals surface area contributed by atoms with Gasteiger partial charge in [0.1, 0.15) is 0 Å². The van der Waals surface area contributed by atoms with Crippen molar-refractivity contribution in [3.63, 3.8) is 0 Å². The van der Waals surface area contributed by atoms with Crippen LogP contribution >= 0.6 is 0 Å². The normalized spacial score (nSPS) is 11.7. The summed E-state index contributed by atoms with van der Waals surface area (Å²) in [6.07, 6.45) is 2.42. The molecule has 0 saturated carbocycles. The molecule has 0 fully saturated rings. The van der Waals surface area contributed by atoms with E-state index in [1.807, 2.05) is 78.9 Å². The van der Waals surface area contributed by atoms with Crippen LogP contribution in [0.25, 0.3) is 33.2 Å². The van der Waals surface area contributed by atoms with Gasteiger partial charge in [-0.1, -0.05) is 66.7 Å². The zero-order chi connectivity index (χ0) is 24.9. The van der Waals surface area contributed by atoms with Gasteiger partial charge in [-0.3, -0.25) is 9.78 Å². The van der Waals surface area contributed by atoms with Gasteiger partial charge in [-0.05, 0) is 34.5 Å². The third kappa shape index (κ3) is 4.94. The molecule has 2 aromatic heterocycles. The first-order chi connectivity index (χ1) is 17.6. The largest absolute Gasteiger partial charge is 0.481 e. The van der Waals surface area contributed by atoms with Gasteiger partial charge in [0.15, 0.2) is 0 Å². The van der Waals surface area contributed by atoms with E-state index in [4.69, 9.17) is 4.74 Å². The van der Waals surface area contributed by atoms with Crippen LogP contribution in [0.1, 0.15) is 22.0 Å². The standard InChI is InChI=1S/C30H25N3O3/c1-36-28-14-13-24(17-31-28)26-16-25(18-32-29(26)21-8-3-2-4-9-21)30(35)33-19-27(34)23-12-11-20-7-5-6-10-22(20)15-23/h2-18,27,34H,19H2,1H3,(H,33,35). The Kier molecular flexibility index (Phi) is 6.69. The van der Waals surface area contributed by atoms with Crippen LogP contribution < -0.4 is 10.1 Å². The lowest BCUT2D eigenvalue weighted by molar-refractivity contribution is 0.0916. The van der Waals surface area contributed by atoms with E-state index in [0.29, 0.717) is 11.4 Å². The summed E-state index contributed by atoms with van der Waals surface area (Å²) in [5.41, 5.74) is 4.41. The number of pyridine rings is 2. The van der Waals surface area contributed by atoms with Gasteiger partial charge in [0.2, 0.25) is 5.88 Å². The second-order valence-electron chi connectivity index (χ2n) is 8.41. The van der Waals surface area contributed by atoms with Crippen LogP contribution in [-0.2, 0) is 0 Å². The fraction of sp³-hybridized carbons (Fsp3) is 0.100. The molecular formula is C30H25N3O3. The molecule has 5 aromatic rings. The summed E-state index contributed by atoms with van der Waals surface area (Å²) in [6.45, 7) is 0.0804. The molecule has 0 saturated heterocycles. The van der Waals surface area contributed by atoms with Gasteiger partial charge in [-0.2, -0.15) is 0 Å². The highest BCUT2D eigenvalue weighted by molar-refractivity contribution is 5.96. The van der Waals surface area contributed by atoms with Crippen molar-refractivity contribution in [3.05, 3.63) is 115 Å². The molecule has 178 valence electrons. The summed E-state index contributed by atoms with van der Waals surface area (Å²) in [4.78, 5) is 22.0. The van der Waals surface area contributed by atoms with Gasteiger partial charge in [-0.15, -0.1) is 0 Å². The molecule has 1 atom stereocenters. The summed E-state index contributed by atoms with van der Waals surface area (Å²) < 4.78 is 5.18. The number of aliphatic hydroxyl groups is 1. The number of aliphatic hydroxyl groups excluding tert-OH is 1. The van der Waals surface area contributed by atoms with Gasteiger partial charge in [0.05, 0.1) is 24.5 Å². The fourth-order valence-corrected chi connectivity index (χ4v) is 4.12. The Balaban J connectivity index is 1.39. The summed E-state index contributed by atoms with van der Waals surface area (Å²) in [5, 5.41) is 15.7. The number of rotatable bonds is 7. The maximum atomic E-state index is 13.0. The van der Waals surface area contributed by atoms with E-state index >= 15 is 0 Å². The number of carbonyl (C=O) groups excluding carboxylic acids is 1. The van der Waals surface area contributed by atoms with Crippen molar-refractivity contribution in [2.75, 3.05) is 13.7 Å². The first kappa shape index (κ1) is 23.2. The molecule has 36 heavy (non-hydrogen) atoms. The molecule has 0 bridgehead atoms. The van der Waals surface area contributed by atoms with Crippen molar-refractivity contribution >= 4 is 16.7 Å². The van der Waals surface area contributed by atoms with Gasteiger partial charge in [0, 0.05) is 41.7 Å². The number of ether oxygens (including phenoxy) is 1. The van der Waals surface area contributed by atoms with E-state index in [0.717, 1.165) is 38.7 Å². The Labute approximate surface area is 209 Å². The van der Waals surface area contributed by atoms with Crippen molar-refractivity contribution in [1.82, 2.24) is 15.3 Å². The van der Waals surface area contributed by atoms with Gasteiger partial charge >= 0.3 is 0 Å². The number of hydrogen-bond donors (Lipinski definition) is 2. The third-order valence-electron chi connectivity index (χ3n) is 6.07. The van der Waals surface area contributed by atoms with Crippen LogP contribution in [-0.4, -0.2) is 34.6 Å². The fourth-order valence-electron chi connectivity index (χ4n) is 4.12. The van der Waals surface area contributed by atoms with Crippen molar-refractivity contribution in [1.29, 1.82) is 0 Å². The van der Waals surface area contributed by atoms with Gasteiger partial charge in [0.25, 0.3) is 5.91 Å². The monoisotopic (exact) mass is 475 g/mol. The predicted molar refractivity (Wildman–Crippen MR) is 141 cm³/mol. The molecule has 2 N–H and O–H groups in total. The zero-order valence-electron chi connectivity index (χ0n) is 19.8. The Morgan fingerprint density at radius 1 is 0.861 bits per heavy atom. The first-order valence-corrected chi connectivity index (χ1v) is 11.6. The topological polar surface area (TPSA) is 84.3 Å². The number of benzene rings is 3. The van der Waals surface area contributed by atoms with E-state index in [1.165, 1.54) is 0 Å². The summed E-state index contributed by atoms with van der Waals surface area (Å²) in [6, 6.07) is 29.0. The quantitative estimate of drug-likeness (QED) is 0.328. The molecule has 1 unspecified atom stereocenters. The summed E-state index contributed by atoms with van der Waals surface area (Å²) in [5.74, 6) is 0.189. The maximum absolute atomic E-state index is 13.0. The van der Waals surface area contributed by atoms with Crippen molar-refractivity contribution in [2.45, 2.75) is 6.10 Å². The Morgan fingerprint density at radius 2 is 1.64 bits per heavy atom. The Bertz CT molecular complexity index is 1500. The van der Waals surface area contributed by atoms with E-state index in [9.17, 15) is 9.90 Å². The van der Waals surface area contributed by atoms with Crippen molar-refractivity contribution in [3.8, 4) is 28.3 Å². The van der Waals surface area contributed by atoms with Crippen LogP contribution in [0.2, 0.25) is 0 Å². The number of aromatic nitrogens is 2. The molecule has 6 nitrogen and oxygen atoms in total. The SMILES string of the molecule is COc1ccc(-c2cc(C(=O)NCC(O)c3ccc4ccccc4c3)cnc2-c2ccccc2)cn1. The molecule has 3 aromatic carbocycles. The molecule has 2 heterocycles. The smallest absolute Gasteiger partial charge is 0.252 e.